The second-order valence-corrected chi connectivity index (χ2v) is 9.78. The highest BCUT2D eigenvalue weighted by molar-refractivity contribution is 6.08. The van der Waals surface area contributed by atoms with Crippen LogP contribution >= 0.6 is 0 Å². The molecule has 2 amide bonds. The number of halogens is 3. The second kappa shape index (κ2) is 8.02. The number of nitrogens with zero attached hydrogens (tertiary/aromatic N) is 2. The lowest BCUT2D eigenvalue weighted by Crippen LogP contribution is -2.41. The van der Waals surface area contributed by atoms with E-state index in [0.717, 1.165) is 39.4 Å². The molecule has 2 atom stereocenters. The molecule has 0 saturated carbocycles. The lowest BCUT2D eigenvalue weighted by molar-refractivity contribution is -0.140. The quantitative estimate of drug-likeness (QED) is 0.243. The van der Waals surface area contributed by atoms with Crippen molar-refractivity contribution in [1.82, 2.24) is 5.01 Å². The van der Waals surface area contributed by atoms with Gasteiger partial charge in [0.25, 0.3) is 11.8 Å². The maximum atomic E-state index is 13.6. The highest BCUT2D eigenvalue weighted by Crippen LogP contribution is 2.60. The first-order valence-corrected chi connectivity index (χ1v) is 12.2. The van der Waals surface area contributed by atoms with E-state index in [-0.39, 0.29) is 40.7 Å². The van der Waals surface area contributed by atoms with Gasteiger partial charge in [-0.25, -0.2) is 0 Å². The molecular weight excluding hydrogens is 493 g/mol. The van der Waals surface area contributed by atoms with E-state index >= 15 is 0 Å². The van der Waals surface area contributed by atoms with Gasteiger partial charge < -0.3 is 4.42 Å². The van der Waals surface area contributed by atoms with Crippen LogP contribution in [0.2, 0.25) is 0 Å². The van der Waals surface area contributed by atoms with Gasteiger partial charge in [-0.1, -0.05) is 60.7 Å². The molecular formula is C30H19F3N2O3. The molecule has 0 unspecified atom stereocenters. The van der Waals surface area contributed by atoms with Gasteiger partial charge in [0.2, 0.25) is 0 Å². The van der Waals surface area contributed by atoms with Gasteiger partial charge in [0, 0.05) is 17.4 Å². The van der Waals surface area contributed by atoms with Crippen molar-refractivity contribution in [2.75, 3.05) is 0 Å². The van der Waals surface area contributed by atoms with Crippen LogP contribution < -0.4 is 0 Å². The molecule has 0 radical (unpaired) electrons. The Bertz CT molecular complexity index is 1540. The molecule has 8 heteroatoms. The summed E-state index contributed by atoms with van der Waals surface area (Å²) in [5.41, 5.74) is 3.75. The number of alkyl halides is 3. The number of carbonyl (C=O) groups is 2. The molecule has 1 aliphatic heterocycles. The predicted octanol–water partition coefficient (Wildman–Crippen LogP) is 6.19. The maximum absolute atomic E-state index is 13.6. The Morgan fingerprint density at radius 3 is 1.82 bits per heavy atom. The van der Waals surface area contributed by atoms with Crippen LogP contribution in [0.15, 0.2) is 94.4 Å². The lowest BCUT2D eigenvalue weighted by atomic mass is 9.55. The standard InChI is InChI=1S/C30H19F3N2O3/c31-30(32,33)17-7-5-6-16(14-17)23-13-12-18(38-23)15-34-35-28(36)26-24-19-8-1-2-9-20(19)25(27(26)29(35)37)22-11-4-3-10-21(22)24/h1-15,24-27H/b34-15-/t24?,25?,26-,27-/m1/s1. The summed E-state index contributed by atoms with van der Waals surface area (Å²) >= 11 is 0. The van der Waals surface area contributed by atoms with E-state index in [1.54, 1.807) is 0 Å². The number of hydrogen-bond donors (Lipinski definition) is 0. The van der Waals surface area contributed by atoms with Crippen molar-refractivity contribution in [1.29, 1.82) is 0 Å². The summed E-state index contributed by atoms with van der Waals surface area (Å²) in [6.45, 7) is 0. The summed E-state index contributed by atoms with van der Waals surface area (Å²) < 4.78 is 45.0. The Kier molecular flexibility index (Phi) is 4.79. The smallest absolute Gasteiger partial charge is 0.416 e. The van der Waals surface area contributed by atoms with Gasteiger partial charge in [0.15, 0.2) is 0 Å². The van der Waals surface area contributed by atoms with Crippen molar-refractivity contribution in [3.05, 3.63) is 119 Å². The van der Waals surface area contributed by atoms with Crippen LogP contribution in [-0.4, -0.2) is 23.0 Å². The second-order valence-electron chi connectivity index (χ2n) is 9.78. The van der Waals surface area contributed by atoms with Crippen LogP contribution in [0.1, 0.15) is 45.4 Å². The number of benzene rings is 3. The third-order valence-corrected chi connectivity index (χ3v) is 7.83. The minimum absolute atomic E-state index is 0.211. The monoisotopic (exact) mass is 512 g/mol. The maximum Gasteiger partial charge on any atom is 0.416 e. The van der Waals surface area contributed by atoms with Crippen molar-refractivity contribution < 1.29 is 27.2 Å². The summed E-state index contributed by atoms with van der Waals surface area (Å²) in [6.07, 6.45) is -3.22. The number of amides is 2. The largest absolute Gasteiger partial charge is 0.455 e. The zero-order valence-corrected chi connectivity index (χ0v) is 19.7. The minimum Gasteiger partial charge on any atom is -0.455 e. The average Bonchev–Trinajstić information content (AvgIpc) is 3.50. The van der Waals surface area contributed by atoms with Gasteiger partial charge in [-0.05, 0) is 46.5 Å². The molecule has 2 heterocycles. The highest BCUT2D eigenvalue weighted by atomic mass is 19.4. The Morgan fingerprint density at radius 2 is 1.29 bits per heavy atom. The fourth-order valence-electron chi connectivity index (χ4n) is 6.32. The van der Waals surface area contributed by atoms with Crippen LogP contribution in [0.5, 0.6) is 0 Å². The van der Waals surface area contributed by atoms with Crippen LogP contribution in [0, 0.1) is 11.8 Å². The topological polar surface area (TPSA) is 62.9 Å². The molecule has 3 aromatic carbocycles. The van der Waals surface area contributed by atoms with Gasteiger partial charge in [0.05, 0.1) is 23.6 Å². The van der Waals surface area contributed by atoms with E-state index in [2.05, 4.69) is 5.10 Å². The molecule has 38 heavy (non-hydrogen) atoms. The van der Waals surface area contributed by atoms with E-state index in [1.807, 2.05) is 48.5 Å². The number of furan rings is 1. The molecule has 1 saturated heterocycles. The fraction of sp³-hybridized carbons (Fsp3) is 0.167. The van der Waals surface area contributed by atoms with Crippen LogP contribution in [0.3, 0.4) is 0 Å². The Balaban J connectivity index is 1.20. The van der Waals surface area contributed by atoms with Crippen LogP contribution in [0.4, 0.5) is 13.2 Å². The first kappa shape index (κ1) is 22.7. The van der Waals surface area contributed by atoms with E-state index < -0.39 is 23.6 Å². The Labute approximate surface area is 215 Å². The first-order valence-electron chi connectivity index (χ1n) is 12.2. The molecule has 4 aromatic rings. The van der Waals surface area contributed by atoms with Crippen LogP contribution in [-0.2, 0) is 15.8 Å². The highest BCUT2D eigenvalue weighted by Gasteiger charge is 2.61. The minimum atomic E-state index is -4.47. The molecule has 0 N–H and O–H groups in total. The Hall–Kier alpha value is -4.46. The number of carbonyl (C=O) groups excluding carboxylic acids is 2. The van der Waals surface area contributed by atoms with Gasteiger partial charge >= 0.3 is 6.18 Å². The van der Waals surface area contributed by atoms with Crippen molar-refractivity contribution in [2.24, 2.45) is 16.9 Å². The van der Waals surface area contributed by atoms with Crippen molar-refractivity contribution in [2.45, 2.75) is 18.0 Å². The van der Waals surface area contributed by atoms with Gasteiger partial charge in [-0.15, -0.1) is 0 Å². The summed E-state index contributed by atoms with van der Waals surface area (Å²) in [5.74, 6) is -1.86. The first-order chi connectivity index (χ1) is 18.3. The van der Waals surface area contributed by atoms with Crippen molar-refractivity contribution in [3.8, 4) is 11.3 Å². The van der Waals surface area contributed by atoms with Gasteiger partial charge in [-0.3, -0.25) is 9.59 Å². The molecule has 4 aliphatic rings. The third-order valence-electron chi connectivity index (χ3n) is 7.83. The summed E-state index contributed by atoms with van der Waals surface area (Å²) in [5, 5.41) is 5.13. The Morgan fingerprint density at radius 1 is 0.737 bits per heavy atom. The van der Waals surface area contributed by atoms with E-state index in [1.165, 1.54) is 30.5 Å². The molecule has 1 fully saturated rings. The number of hydrazone groups is 1. The number of rotatable bonds is 3. The van der Waals surface area contributed by atoms with E-state index in [4.69, 9.17) is 4.42 Å². The van der Waals surface area contributed by atoms with E-state index in [0.29, 0.717) is 0 Å². The van der Waals surface area contributed by atoms with Crippen LogP contribution in [0.25, 0.3) is 11.3 Å². The fourth-order valence-corrected chi connectivity index (χ4v) is 6.32. The molecule has 0 spiro atoms. The van der Waals surface area contributed by atoms with Crippen molar-refractivity contribution in [3.63, 3.8) is 0 Å². The summed E-state index contributed by atoms with van der Waals surface area (Å²) in [4.78, 5) is 27.2. The van der Waals surface area contributed by atoms with E-state index in [9.17, 15) is 22.8 Å². The molecule has 188 valence electrons. The third kappa shape index (κ3) is 3.22. The zero-order chi connectivity index (χ0) is 26.2. The molecule has 2 bridgehead atoms. The molecule has 3 aliphatic carbocycles. The SMILES string of the molecule is O=C1[C@@H]2C3c4ccccc4C(c4ccccc43)[C@H]2C(=O)N1/N=C\c1ccc(-c2cccc(C(F)(F)F)c2)o1. The van der Waals surface area contributed by atoms with Gasteiger partial charge in [0.1, 0.15) is 11.5 Å². The number of hydrogen-bond acceptors (Lipinski definition) is 4. The molecule has 5 nitrogen and oxygen atoms in total. The summed E-state index contributed by atoms with van der Waals surface area (Å²) in [7, 11) is 0. The van der Waals surface area contributed by atoms with Crippen molar-refractivity contribution >= 4 is 18.0 Å². The number of imide groups is 1. The average molecular weight is 512 g/mol. The normalized spacial score (nSPS) is 23.6. The summed E-state index contributed by atoms with van der Waals surface area (Å²) in [6, 6.07) is 23.8. The molecule has 8 rings (SSSR count). The van der Waals surface area contributed by atoms with Gasteiger partial charge in [-0.2, -0.15) is 23.3 Å². The zero-order valence-electron chi connectivity index (χ0n) is 19.7. The predicted molar refractivity (Wildman–Crippen MR) is 132 cm³/mol. The lowest BCUT2D eigenvalue weighted by Gasteiger charge is -2.45. The molecule has 1 aromatic heterocycles.